The zero-order chi connectivity index (χ0) is 17.1. The summed E-state index contributed by atoms with van der Waals surface area (Å²) in [6.07, 6.45) is 0.0880. The molecule has 1 aromatic carbocycles. The molecule has 0 radical (unpaired) electrons. The molecule has 0 spiro atoms. The summed E-state index contributed by atoms with van der Waals surface area (Å²) in [6, 6.07) is 6.43. The van der Waals surface area contributed by atoms with Crippen LogP contribution in [0, 0.1) is 0 Å². The number of nitrogens with one attached hydrogen (secondary N) is 3. The number of amides is 3. The van der Waals surface area contributed by atoms with Crippen molar-refractivity contribution in [3.05, 3.63) is 34.9 Å². The van der Waals surface area contributed by atoms with Crippen molar-refractivity contribution in [2.75, 3.05) is 33.4 Å². The smallest absolute Gasteiger partial charge is 0.251 e. The molecule has 1 aromatic rings. The van der Waals surface area contributed by atoms with Gasteiger partial charge in [0.2, 0.25) is 11.8 Å². The molecular formula is C15H20ClN3O4. The molecule has 0 aliphatic rings. The van der Waals surface area contributed by atoms with Crippen molar-refractivity contribution >= 4 is 29.3 Å². The standard InChI is InChI=1S/C15H20ClN3O4/c1-23-9-8-17-14(21)10-19-13(20)6-7-18-15(22)11-2-4-12(16)5-3-11/h2-5H,6-10H2,1H3,(H,17,21)(H,18,22)(H,19,20). The van der Waals surface area contributed by atoms with E-state index in [1.165, 1.54) is 7.11 Å². The van der Waals surface area contributed by atoms with E-state index >= 15 is 0 Å². The van der Waals surface area contributed by atoms with Gasteiger partial charge >= 0.3 is 0 Å². The number of methoxy groups -OCH3 is 1. The fourth-order valence-corrected chi connectivity index (χ4v) is 1.74. The lowest BCUT2D eigenvalue weighted by Gasteiger charge is -2.07. The van der Waals surface area contributed by atoms with Crippen molar-refractivity contribution in [1.82, 2.24) is 16.0 Å². The van der Waals surface area contributed by atoms with Crippen molar-refractivity contribution in [1.29, 1.82) is 0 Å². The predicted octanol–water partition coefficient (Wildman–Crippen LogP) is 0.339. The van der Waals surface area contributed by atoms with Gasteiger partial charge in [-0.05, 0) is 24.3 Å². The fourth-order valence-electron chi connectivity index (χ4n) is 1.62. The van der Waals surface area contributed by atoms with E-state index < -0.39 is 0 Å². The molecule has 0 saturated heterocycles. The highest BCUT2D eigenvalue weighted by Crippen LogP contribution is 2.09. The van der Waals surface area contributed by atoms with Crippen LogP contribution in [0.2, 0.25) is 5.02 Å². The van der Waals surface area contributed by atoms with Gasteiger partial charge in [0.15, 0.2) is 0 Å². The molecule has 8 heteroatoms. The number of halogens is 1. The van der Waals surface area contributed by atoms with Crippen molar-refractivity contribution < 1.29 is 19.1 Å². The minimum absolute atomic E-state index is 0.0880. The Balaban J connectivity index is 2.17. The van der Waals surface area contributed by atoms with Crippen LogP contribution in [0.3, 0.4) is 0 Å². The molecule has 0 bridgehead atoms. The lowest BCUT2D eigenvalue weighted by molar-refractivity contribution is -0.126. The third-order valence-corrected chi connectivity index (χ3v) is 3.07. The highest BCUT2D eigenvalue weighted by Gasteiger charge is 2.08. The Hall–Kier alpha value is -2.12. The molecule has 3 amide bonds. The van der Waals surface area contributed by atoms with E-state index in [9.17, 15) is 14.4 Å². The fraction of sp³-hybridized carbons (Fsp3) is 0.400. The third kappa shape index (κ3) is 8.18. The average molecular weight is 342 g/mol. The summed E-state index contributed by atoms with van der Waals surface area (Å²) >= 11 is 5.74. The summed E-state index contributed by atoms with van der Waals surface area (Å²) in [5.41, 5.74) is 0.465. The number of carbonyl (C=O) groups excluding carboxylic acids is 3. The van der Waals surface area contributed by atoms with Gasteiger partial charge in [-0.15, -0.1) is 0 Å². The molecular weight excluding hydrogens is 322 g/mol. The van der Waals surface area contributed by atoms with Crippen molar-refractivity contribution in [2.45, 2.75) is 6.42 Å². The Kier molecular flexibility index (Phi) is 8.71. The van der Waals surface area contributed by atoms with E-state index in [4.69, 9.17) is 16.3 Å². The van der Waals surface area contributed by atoms with Crippen LogP contribution >= 0.6 is 11.6 Å². The second-order valence-corrected chi connectivity index (χ2v) is 5.07. The lowest BCUT2D eigenvalue weighted by Crippen LogP contribution is -2.39. The van der Waals surface area contributed by atoms with E-state index in [1.54, 1.807) is 24.3 Å². The SMILES string of the molecule is COCCNC(=O)CNC(=O)CCNC(=O)c1ccc(Cl)cc1. The van der Waals surface area contributed by atoms with Crippen molar-refractivity contribution in [2.24, 2.45) is 0 Å². The molecule has 0 unspecified atom stereocenters. The first kappa shape index (κ1) is 18.9. The van der Waals surface area contributed by atoms with E-state index in [-0.39, 0.29) is 37.2 Å². The molecule has 7 nitrogen and oxygen atoms in total. The normalized spacial score (nSPS) is 10.0. The minimum atomic E-state index is -0.316. The number of ether oxygens (including phenoxy) is 1. The second kappa shape index (κ2) is 10.6. The van der Waals surface area contributed by atoms with E-state index in [1.807, 2.05) is 0 Å². The summed E-state index contributed by atoms with van der Waals surface area (Å²) in [4.78, 5) is 34.7. The Bertz CT molecular complexity index is 534. The Morgan fingerprint density at radius 1 is 1.00 bits per heavy atom. The quantitative estimate of drug-likeness (QED) is 0.564. The average Bonchev–Trinajstić information content (AvgIpc) is 2.53. The monoisotopic (exact) mass is 341 g/mol. The first-order chi connectivity index (χ1) is 11.0. The largest absolute Gasteiger partial charge is 0.383 e. The molecule has 0 fully saturated rings. The van der Waals surface area contributed by atoms with Crippen LogP contribution in [-0.2, 0) is 14.3 Å². The van der Waals surface area contributed by atoms with Crippen LogP contribution in [0.15, 0.2) is 24.3 Å². The Labute approximate surface area is 139 Å². The molecule has 0 aliphatic carbocycles. The van der Waals surface area contributed by atoms with Gasteiger partial charge < -0.3 is 20.7 Å². The molecule has 126 valence electrons. The highest BCUT2D eigenvalue weighted by atomic mass is 35.5. The summed E-state index contributed by atoms with van der Waals surface area (Å²) in [5.74, 6) is -0.893. The van der Waals surface area contributed by atoms with E-state index in [0.717, 1.165) is 0 Å². The van der Waals surface area contributed by atoms with E-state index in [0.29, 0.717) is 23.7 Å². The van der Waals surface area contributed by atoms with Crippen LogP contribution in [0.5, 0.6) is 0 Å². The molecule has 1 rings (SSSR count). The maximum atomic E-state index is 11.8. The summed E-state index contributed by atoms with van der Waals surface area (Å²) in [6.45, 7) is 0.880. The van der Waals surface area contributed by atoms with Crippen LogP contribution in [0.25, 0.3) is 0 Å². The molecule has 3 N–H and O–H groups in total. The van der Waals surface area contributed by atoms with Crippen molar-refractivity contribution in [3.8, 4) is 0 Å². The van der Waals surface area contributed by atoms with Crippen LogP contribution in [0.4, 0.5) is 0 Å². The summed E-state index contributed by atoms with van der Waals surface area (Å²) < 4.78 is 4.79. The summed E-state index contributed by atoms with van der Waals surface area (Å²) in [7, 11) is 1.53. The van der Waals surface area contributed by atoms with Gasteiger partial charge in [-0.25, -0.2) is 0 Å². The maximum Gasteiger partial charge on any atom is 0.251 e. The number of benzene rings is 1. The molecule has 0 atom stereocenters. The maximum absolute atomic E-state index is 11.8. The highest BCUT2D eigenvalue weighted by molar-refractivity contribution is 6.30. The van der Waals surface area contributed by atoms with Gasteiger partial charge in [0.25, 0.3) is 5.91 Å². The van der Waals surface area contributed by atoms with Gasteiger partial charge in [-0.3, -0.25) is 14.4 Å². The number of carbonyl (C=O) groups is 3. The van der Waals surface area contributed by atoms with Crippen LogP contribution in [0.1, 0.15) is 16.8 Å². The van der Waals surface area contributed by atoms with Gasteiger partial charge in [-0.2, -0.15) is 0 Å². The third-order valence-electron chi connectivity index (χ3n) is 2.82. The molecule has 0 saturated carbocycles. The molecule has 0 aliphatic heterocycles. The van der Waals surface area contributed by atoms with Crippen LogP contribution in [-0.4, -0.2) is 51.1 Å². The van der Waals surface area contributed by atoms with Crippen molar-refractivity contribution in [3.63, 3.8) is 0 Å². The Morgan fingerprint density at radius 3 is 2.35 bits per heavy atom. The molecule has 0 aromatic heterocycles. The van der Waals surface area contributed by atoms with E-state index in [2.05, 4.69) is 16.0 Å². The number of hydrogen-bond acceptors (Lipinski definition) is 4. The lowest BCUT2D eigenvalue weighted by atomic mass is 10.2. The summed E-state index contributed by atoms with van der Waals surface area (Å²) in [5, 5.41) is 8.21. The molecule has 23 heavy (non-hydrogen) atoms. The second-order valence-electron chi connectivity index (χ2n) is 4.63. The van der Waals surface area contributed by atoms with Gasteiger partial charge in [0.1, 0.15) is 0 Å². The molecule has 0 heterocycles. The van der Waals surface area contributed by atoms with Gasteiger partial charge in [0.05, 0.1) is 13.2 Å². The predicted molar refractivity (Wildman–Crippen MR) is 86.3 cm³/mol. The Morgan fingerprint density at radius 2 is 1.70 bits per heavy atom. The van der Waals surface area contributed by atoms with Crippen LogP contribution < -0.4 is 16.0 Å². The zero-order valence-corrected chi connectivity index (χ0v) is 13.6. The minimum Gasteiger partial charge on any atom is -0.383 e. The number of rotatable bonds is 9. The zero-order valence-electron chi connectivity index (χ0n) is 12.9. The van der Waals surface area contributed by atoms with Gasteiger partial charge in [-0.1, -0.05) is 11.6 Å². The number of hydrogen-bond donors (Lipinski definition) is 3. The first-order valence-corrected chi connectivity index (χ1v) is 7.47. The van der Waals surface area contributed by atoms with Gasteiger partial charge in [0, 0.05) is 37.2 Å². The topological polar surface area (TPSA) is 96.5 Å². The first-order valence-electron chi connectivity index (χ1n) is 7.09.